The minimum absolute atomic E-state index is 0.604. The van der Waals surface area contributed by atoms with E-state index < -0.39 is 8.03 Å². The summed E-state index contributed by atoms with van der Waals surface area (Å²) in [4.78, 5) is 0. The maximum Gasteiger partial charge on any atom is 0.220 e. The molecule has 0 radical (unpaired) electrons. The summed E-state index contributed by atoms with van der Waals surface area (Å²) in [5, 5.41) is 0.890. The Kier molecular flexibility index (Phi) is 5.67. The second kappa shape index (κ2) is 6.81. The molecule has 0 aromatic heterocycles. The highest BCUT2D eigenvalue weighted by Crippen LogP contribution is 2.24. The van der Waals surface area contributed by atoms with Gasteiger partial charge in [-0.15, -0.1) is 0 Å². The molecule has 1 atom stereocenters. The van der Waals surface area contributed by atoms with E-state index in [-0.39, 0.29) is 0 Å². The maximum atomic E-state index is 11.9. The van der Waals surface area contributed by atoms with E-state index in [1.807, 2.05) is 24.3 Å². The Labute approximate surface area is 92.5 Å². The van der Waals surface area contributed by atoms with Crippen LogP contribution in [-0.4, -0.2) is 6.61 Å². The minimum atomic E-state index is -2.03. The second-order valence-electron chi connectivity index (χ2n) is 3.50. The molecule has 0 heterocycles. The highest BCUT2D eigenvalue weighted by Gasteiger charge is 2.07. The first kappa shape index (κ1) is 12.5. The lowest BCUT2D eigenvalue weighted by molar-refractivity contribution is 0.326. The van der Waals surface area contributed by atoms with E-state index in [2.05, 4.69) is 13.8 Å². The van der Waals surface area contributed by atoms with Crippen LogP contribution in [0.4, 0.5) is 0 Å². The number of unbranched alkanes of at least 4 members (excludes halogenated alkanes) is 1. The van der Waals surface area contributed by atoms with Crippen LogP contribution in [-0.2, 0) is 15.5 Å². The third-order valence-electron chi connectivity index (χ3n) is 2.35. The molecule has 0 N–H and O–H groups in total. The lowest BCUT2D eigenvalue weighted by atomic mass is 10.2. The molecule has 0 aliphatic heterocycles. The topological polar surface area (TPSA) is 26.3 Å². The van der Waals surface area contributed by atoms with E-state index in [4.69, 9.17) is 4.52 Å². The summed E-state index contributed by atoms with van der Waals surface area (Å²) in [7, 11) is -2.03. The van der Waals surface area contributed by atoms with Gasteiger partial charge in [0.1, 0.15) is 0 Å². The Morgan fingerprint density at radius 3 is 2.67 bits per heavy atom. The lowest BCUT2D eigenvalue weighted by Gasteiger charge is -2.07. The van der Waals surface area contributed by atoms with Crippen LogP contribution in [0.2, 0.25) is 0 Å². The molecule has 1 aromatic carbocycles. The van der Waals surface area contributed by atoms with Crippen LogP contribution in [0.25, 0.3) is 0 Å². The molecule has 0 aliphatic rings. The highest BCUT2D eigenvalue weighted by molar-refractivity contribution is 7.48. The van der Waals surface area contributed by atoms with Crippen LogP contribution in [0.15, 0.2) is 24.3 Å². The molecular weight excluding hydrogens is 207 g/mol. The molecule has 0 fully saturated rings. The van der Waals surface area contributed by atoms with Crippen molar-refractivity contribution < 1.29 is 9.09 Å². The average molecular weight is 226 g/mol. The molecule has 0 saturated heterocycles. The normalized spacial score (nSPS) is 12.7. The Morgan fingerprint density at radius 1 is 1.27 bits per heavy atom. The van der Waals surface area contributed by atoms with Gasteiger partial charge in [0, 0.05) is 5.30 Å². The molecule has 2 nitrogen and oxygen atoms in total. The number of rotatable bonds is 6. The van der Waals surface area contributed by atoms with Crippen molar-refractivity contribution in [2.45, 2.75) is 33.1 Å². The van der Waals surface area contributed by atoms with Gasteiger partial charge in [-0.05, 0) is 24.5 Å². The van der Waals surface area contributed by atoms with E-state index in [1.165, 1.54) is 0 Å². The molecule has 84 valence electrons. The van der Waals surface area contributed by atoms with Crippen molar-refractivity contribution >= 4 is 13.3 Å². The molecule has 3 heteroatoms. The zero-order valence-corrected chi connectivity index (χ0v) is 10.5. The maximum absolute atomic E-state index is 11.9. The minimum Gasteiger partial charge on any atom is -0.327 e. The van der Waals surface area contributed by atoms with E-state index in [0.717, 1.165) is 30.1 Å². The van der Waals surface area contributed by atoms with Crippen molar-refractivity contribution in [2.24, 2.45) is 0 Å². The van der Waals surface area contributed by atoms with Gasteiger partial charge in [0.15, 0.2) is 0 Å². The van der Waals surface area contributed by atoms with Crippen LogP contribution in [0, 0.1) is 0 Å². The lowest BCUT2D eigenvalue weighted by Crippen LogP contribution is -2.05. The Morgan fingerprint density at radius 2 is 2.00 bits per heavy atom. The van der Waals surface area contributed by atoms with Gasteiger partial charge in [-0.25, -0.2) is 0 Å². The third-order valence-corrected chi connectivity index (χ3v) is 3.74. The van der Waals surface area contributed by atoms with Crippen LogP contribution in [0.1, 0.15) is 32.3 Å². The summed E-state index contributed by atoms with van der Waals surface area (Å²) in [5.74, 6) is 0. The van der Waals surface area contributed by atoms with Crippen LogP contribution in [0.5, 0.6) is 0 Å². The SMILES string of the molecule is CCCCO[PH](=O)c1ccccc1CC. The smallest absolute Gasteiger partial charge is 0.220 e. The Bertz CT molecular complexity index is 323. The number of aryl methyl sites for hydroxylation is 1. The number of hydrogen-bond donors (Lipinski definition) is 0. The first-order valence-corrected chi connectivity index (χ1v) is 6.86. The number of benzene rings is 1. The van der Waals surface area contributed by atoms with Gasteiger partial charge in [0.25, 0.3) is 0 Å². The molecule has 0 bridgehead atoms. The molecule has 0 spiro atoms. The summed E-state index contributed by atoms with van der Waals surface area (Å²) in [5.41, 5.74) is 1.14. The van der Waals surface area contributed by atoms with Gasteiger partial charge in [0.2, 0.25) is 8.03 Å². The summed E-state index contributed by atoms with van der Waals surface area (Å²) in [6, 6.07) is 7.82. The van der Waals surface area contributed by atoms with Crippen LogP contribution < -0.4 is 5.30 Å². The standard InChI is InChI=1S/C12H19O2P/c1-3-5-10-14-15(13)12-9-7-6-8-11(12)4-2/h6-9,15H,3-5,10H2,1-2H3. The van der Waals surface area contributed by atoms with E-state index in [0.29, 0.717) is 6.61 Å². The molecule has 0 aliphatic carbocycles. The van der Waals surface area contributed by atoms with E-state index in [1.54, 1.807) is 0 Å². The predicted octanol–water partition coefficient (Wildman–Crippen LogP) is 3.17. The Hall–Kier alpha value is -0.590. The van der Waals surface area contributed by atoms with Crippen molar-refractivity contribution in [3.05, 3.63) is 29.8 Å². The Balaban J connectivity index is 2.64. The van der Waals surface area contributed by atoms with E-state index in [9.17, 15) is 4.57 Å². The highest BCUT2D eigenvalue weighted by atomic mass is 31.1. The van der Waals surface area contributed by atoms with Crippen LogP contribution >= 0.6 is 8.03 Å². The van der Waals surface area contributed by atoms with Crippen LogP contribution in [0.3, 0.4) is 0 Å². The first-order valence-electron chi connectivity index (χ1n) is 5.54. The fraction of sp³-hybridized carbons (Fsp3) is 0.500. The average Bonchev–Trinajstić information content (AvgIpc) is 2.29. The van der Waals surface area contributed by atoms with Crippen molar-refractivity contribution in [3.63, 3.8) is 0 Å². The quantitative estimate of drug-likeness (QED) is 0.550. The first-order chi connectivity index (χ1) is 7.29. The van der Waals surface area contributed by atoms with Crippen molar-refractivity contribution in [1.29, 1.82) is 0 Å². The van der Waals surface area contributed by atoms with Gasteiger partial charge in [-0.3, -0.25) is 4.57 Å². The summed E-state index contributed by atoms with van der Waals surface area (Å²) in [6.07, 6.45) is 2.96. The molecule has 1 unspecified atom stereocenters. The fourth-order valence-electron chi connectivity index (χ4n) is 1.41. The summed E-state index contributed by atoms with van der Waals surface area (Å²) < 4.78 is 17.2. The molecule has 1 aromatic rings. The third kappa shape index (κ3) is 3.81. The van der Waals surface area contributed by atoms with Crippen molar-refractivity contribution in [2.75, 3.05) is 6.61 Å². The monoisotopic (exact) mass is 226 g/mol. The molecule has 15 heavy (non-hydrogen) atoms. The molecule has 1 rings (SSSR count). The zero-order valence-electron chi connectivity index (χ0n) is 9.45. The fourth-order valence-corrected chi connectivity index (χ4v) is 2.65. The number of hydrogen-bond acceptors (Lipinski definition) is 2. The molecule has 0 saturated carbocycles. The second-order valence-corrected chi connectivity index (χ2v) is 4.90. The van der Waals surface area contributed by atoms with Gasteiger partial charge in [-0.1, -0.05) is 38.5 Å². The predicted molar refractivity (Wildman–Crippen MR) is 65.3 cm³/mol. The van der Waals surface area contributed by atoms with Gasteiger partial charge in [0.05, 0.1) is 6.61 Å². The summed E-state index contributed by atoms with van der Waals surface area (Å²) >= 11 is 0. The molecular formula is C12H19O2P. The van der Waals surface area contributed by atoms with Gasteiger partial charge < -0.3 is 4.52 Å². The summed E-state index contributed by atoms with van der Waals surface area (Å²) in [6.45, 7) is 4.77. The van der Waals surface area contributed by atoms with Crippen molar-refractivity contribution in [1.82, 2.24) is 0 Å². The van der Waals surface area contributed by atoms with Gasteiger partial charge in [-0.2, -0.15) is 0 Å². The largest absolute Gasteiger partial charge is 0.327 e. The van der Waals surface area contributed by atoms with Gasteiger partial charge >= 0.3 is 0 Å². The molecule has 0 amide bonds. The van der Waals surface area contributed by atoms with Crippen molar-refractivity contribution in [3.8, 4) is 0 Å². The zero-order chi connectivity index (χ0) is 11.1. The van der Waals surface area contributed by atoms with E-state index >= 15 is 0 Å².